The summed E-state index contributed by atoms with van der Waals surface area (Å²) in [5, 5.41) is 0. The normalized spacial score (nSPS) is 15.3. The van der Waals surface area contributed by atoms with Gasteiger partial charge in [0.25, 0.3) is 6.43 Å². The molecule has 0 aromatic carbocycles. The van der Waals surface area contributed by atoms with Crippen molar-refractivity contribution in [1.82, 2.24) is 4.98 Å². The van der Waals surface area contributed by atoms with E-state index < -0.39 is 41.1 Å². The topological polar surface area (TPSA) is 48.4 Å². The Morgan fingerprint density at radius 1 is 1.31 bits per heavy atom. The number of ether oxygens (including phenoxy) is 2. The summed E-state index contributed by atoms with van der Waals surface area (Å²) in [7, 11) is 2.19. The summed E-state index contributed by atoms with van der Waals surface area (Å²) >= 11 is 2.97. The van der Waals surface area contributed by atoms with Gasteiger partial charge in [0.05, 0.1) is 30.5 Å². The second-order valence-corrected chi connectivity index (χ2v) is 6.57. The van der Waals surface area contributed by atoms with Crippen molar-refractivity contribution in [2.75, 3.05) is 14.2 Å². The minimum absolute atomic E-state index is 0.00834. The van der Waals surface area contributed by atoms with Gasteiger partial charge in [-0.05, 0) is 46.7 Å². The fourth-order valence-electron chi connectivity index (χ4n) is 2.58. The lowest BCUT2D eigenvalue weighted by molar-refractivity contribution is -0.141. The Morgan fingerprint density at radius 2 is 1.92 bits per heavy atom. The summed E-state index contributed by atoms with van der Waals surface area (Å²) < 4.78 is 76.5. The molecular weight excluding hydrogens is 429 g/mol. The molecule has 0 amide bonds. The summed E-state index contributed by atoms with van der Waals surface area (Å²) in [6.45, 7) is 0. The number of rotatable bonds is 6. The summed E-state index contributed by atoms with van der Waals surface area (Å²) in [4.78, 5) is 15.2. The number of nitrogens with zero attached hydrogens (tertiary/aromatic N) is 1. The van der Waals surface area contributed by atoms with Crippen LogP contribution in [-0.2, 0) is 22.1 Å². The van der Waals surface area contributed by atoms with Crippen molar-refractivity contribution in [3.63, 3.8) is 0 Å². The highest BCUT2D eigenvalue weighted by atomic mass is 79.9. The number of halogens is 6. The molecule has 1 aliphatic rings. The molecule has 0 unspecified atom stereocenters. The molecule has 0 atom stereocenters. The van der Waals surface area contributed by atoms with Crippen molar-refractivity contribution in [2.45, 2.75) is 31.9 Å². The first-order valence-electron chi connectivity index (χ1n) is 7.51. The fraction of sp³-hybridized carbons (Fsp3) is 0.500. The minimum atomic E-state index is -5.01. The molecule has 2 rings (SSSR count). The average Bonchev–Trinajstić information content (AvgIpc) is 3.36. The number of aromatic nitrogens is 1. The number of methoxy groups -OCH3 is 2. The van der Waals surface area contributed by atoms with E-state index in [-0.39, 0.29) is 22.4 Å². The van der Waals surface area contributed by atoms with Crippen LogP contribution in [-0.4, -0.2) is 25.2 Å². The number of alkyl halides is 5. The molecule has 144 valence electrons. The van der Waals surface area contributed by atoms with Crippen LogP contribution in [0.25, 0.3) is 4.48 Å². The molecule has 0 spiro atoms. The average molecular weight is 444 g/mol. The monoisotopic (exact) mass is 443 g/mol. The summed E-state index contributed by atoms with van der Waals surface area (Å²) in [5.74, 6) is -1.15. The molecule has 1 heterocycles. The molecule has 1 aliphatic carbocycles. The van der Waals surface area contributed by atoms with Gasteiger partial charge in [0, 0.05) is 5.56 Å². The van der Waals surface area contributed by atoms with Crippen LogP contribution >= 0.6 is 15.9 Å². The van der Waals surface area contributed by atoms with Crippen LogP contribution in [0.4, 0.5) is 22.0 Å². The van der Waals surface area contributed by atoms with Crippen molar-refractivity contribution in [3.05, 3.63) is 34.3 Å². The van der Waals surface area contributed by atoms with E-state index in [0.29, 0.717) is 0 Å². The van der Waals surface area contributed by atoms with Gasteiger partial charge in [0.15, 0.2) is 5.69 Å². The van der Waals surface area contributed by atoms with Gasteiger partial charge in [-0.15, -0.1) is 0 Å². The van der Waals surface area contributed by atoms with Gasteiger partial charge in [-0.3, -0.25) is 0 Å². The van der Waals surface area contributed by atoms with E-state index >= 15 is 0 Å². The molecule has 1 aromatic rings. The Labute approximate surface area is 154 Å². The molecule has 4 nitrogen and oxygen atoms in total. The fourth-order valence-corrected chi connectivity index (χ4v) is 3.20. The van der Waals surface area contributed by atoms with Gasteiger partial charge in [-0.2, -0.15) is 13.2 Å². The lowest BCUT2D eigenvalue weighted by Gasteiger charge is -2.21. The van der Waals surface area contributed by atoms with Gasteiger partial charge in [-0.1, -0.05) is 0 Å². The van der Waals surface area contributed by atoms with Gasteiger partial charge in [-0.25, -0.2) is 18.6 Å². The second-order valence-electron chi connectivity index (χ2n) is 5.71. The van der Waals surface area contributed by atoms with Crippen molar-refractivity contribution in [1.29, 1.82) is 0 Å². The van der Waals surface area contributed by atoms with Gasteiger partial charge in [0.2, 0.25) is 0 Å². The quantitative estimate of drug-likeness (QED) is 0.348. The van der Waals surface area contributed by atoms with E-state index in [2.05, 4.69) is 25.7 Å². The minimum Gasteiger partial charge on any atom is -0.503 e. The molecule has 1 fully saturated rings. The summed E-state index contributed by atoms with van der Waals surface area (Å²) in [6, 6.07) is 0. The molecule has 0 N–H and O–H groups in total. The maximum absolute atomic E-state index is 13.5. The van der Waals surface area contributed by atoms with Gasteiger partial charge < -0.3 is 9.47 Å². The zero-order valence-electron chi connectivity index (χ0n) is 13.8. The Morgan fingerprint density at radius 3 is 2.35 bits per heavy atom. The molecule has 26 heavy (non-hydrogen) atoms. The third-order valence-corrected chi connectivity index (χ3v) is 4.43. The van der Waals surface area contributed by atoms with Crippen molar-refractivity contribution >= 4 is 26.4 Å². The summed E-state index contributed by atoms with van der Waals surface area (Å²) in [5.41, 5.74) is -4.02. The summed E-state index contributed by atoms with van der Waals surface area (Å²) in [6.07, 6.45) is -5.91. The number of hydrogen-bond donors (Lipinski definition) is 0. The first-order chi connectivity index (χ1) is 12.1. The standard InChI is InChI=1S/C16H15BrF5NO3/c1-25-6-9(17)10-8(5-7-3-4-7)11(15(24)26-2)12(14(18)19)23-13(10)16(20,21)22/h6-7,14H,3-5H2,1-2H3. The highest BCUT2D eigenvalue weighted by Crippen LogP contribution is 2.44. The Bertz CT molecular complexity index is 730. The number of hydrogen-bond acceptors (Lipinski definition) is 4. The third kappa shape index (κ3) is 4.33. The molecule has 0 saturated heterocycles. The van der Waals surface area contributed by atoms with Crippen LogP contribution in [0, 0.1) is 5.92 Å². The van der Waals surface area contributed by atoms with E-state index in [1.54, 1.807) is 0 Å². The van der Waals surface area contributed by atoms with Gasteiger partial charge in [0.1, 0.15) is 5.69 Å². The van der Waals surface area contributed by atoms with Crippen LogP contribution in [0.2, 0.25) is 0 Å². The van der Waals surface area contributed by atoms with E-state index in [1.165, 1.54) is 7.11 Å². The maximum atomic E-state index is 13.5. The Hall–Kier alpha value is -1.71. The molecular formula is C16H15BrF5NO3. The number of carbonyl (C=O) groups excluding carboxylic acids is 1. The predicted molar refractivity (Wildman–Crippen MR) is 85.9 cm³/mol. The maximum Gasteiger partial charge on any atom is 0.434 e. The van der Waals surface area contributed by atoms with E-state index in [4.69, 9.17) is 4.74 Å². The molecule has 10 heteroatoms. The smallest absolute Gasteiger partial charge is 0.434 e. The zero-order chi connectivity index (χ0) is 19.6. The molecule has 0 aliphatic heterocycles. The van der Waals surface area contributed by atoms with Crippen molar-refractivity contribution < 1.29 is 36.2 Å². The van der Waals surface area contributed by atoms with E-state index in [9.17, 15) is 26.7 Å². The first-order valence-corrected chi connectivity index (χ1v) is 8.30. The van der Waals surface area contributed by atoms with Crippen molar-refractivity contribution in [2.24, 2.45) is 5.92 Å². The lowest BCUT2D eigenvalue weighted by atomic mass is 9.93. The predicted octanol–water partition coefficient (Wildman–Crippen LogP) is 5.12. The lowest BCUT2D eigenvalue weighted by Crippen LogP contribution is -2.21. The molecule has 1 aromatic heterocycles. The van der Waals surface area contributed by atoms with E-state index in [1.807, 2.05) is 0 Å². The van der Waals surface area contributed by atoms with Crippen LogP contribution < -0.4 is 0 Å². The highest BCUT2D eigenvalue weighted by Gasteiger charge is 2.42. The van der Waals surface area contributed by atoms with Crippen molar-refractivity contribution in [3.8, 4) is 0 Å². The highest BCUT2D eigenvalue weighted by molar-refractivity contribution is 9.15. The van der Waals surface area contributed by atoms with Crippen LogP contribution in [0.15, 0.2) is 6.26 Å². The first kappa shape index (κ1) is 20.6. The van der Waals surface area contributed by atoms with Crippen LogP contribution in [0.3, 0.4) is 0 Å². The number of pyridine rings is 1. The van der Waals surface area contributed by atoms with Crippen LogP contribution in [0.5, 0.6) is 0 Å². The SMILES string of the molecule is COC=C(Br)c1c(C(F)(F)F)nc(C(F)F)c(C(=O)OC)c1CC1CC1. The largest absolute Gasteiger partial charge is 0.503 e. The van der Waals surface area contributed by atoms with E-state index in [0.717, 1.165) is 26.2 Å². The zero-order valence-corrected chi connectivity index (χ0v) is 15.4. The third-order valence-electron chi connectivity index (χ3n) is 3.84. The second kappa shape index (κ2) is 7.89. The molecule has 0 radical (unpaired) electrons. The van der Waals surface area contributed by atoms with Crippen LogP contribution in [0.1, 0.15) is 52.1 Å². The Kier molecular flexibility index (Phi) is 6.25. The number of esters is 1. The number of carbonyl (C=O) groups is 1. The van der Waals surface area contributed by atoms with Gasteiger partial charge >= 0.3 is 12.1 Å². The Balaban J connectivity index is 2.91. The molecule has 0 bridgehead atoms. The molecule has 1 saturated carbocycles.